The van der Waals surface area contributed by atoms with Crippen molar-refractivity contribution in [2.45, 2.75) is 31.9 Å². The van der Waals surface area contributed by atoms with Crippen LogP contribution in [0.25, 0.3) is 0 Å². The van der Waals surface area contributed by atoms with Crippen LogP contribution in [0.5, 0.6) is 0 Å². The summed E-state index contributed by atoms with van der Waals surface area (Å²) in [5, 5.41) is 2.94. The summed E-state index contributed by atoms with van der Waals surface area (Å²) in [6.07, 6.45) is 2.25. The van der Waals surface area contributed by atoms with Gasteiger partial charge in [-0.3, -0.25) is 4.79 Å². The fraction of sp³-hybridized carbons (Fsp3) is 0.545. The van der Waals surface area contributed by atoms with Crippen molar-refractivity contribution < 1.29 is 9.53 Å². The molecule has 3 nitrogen and oxygen atoms in total. The Morgan fingerprint density at radius 2 is 2.50 bits per heavy atom. The third kappa shape index (κ3) is 2.75. The van der Waals surface area contributed by atoms with Gasteiger partial charge in [-0.25, -0.2) is 0 Å². The number of halogens is 1. The molecule has 0 spiro atoms. The second-order valence-electron chi connectivity index (χ2n) is 3.92. The zero-order valence-electron chi connectivity index (χ0n) is 9.03. The van der Waals surface area contributed by atoms with Crippen LogP contribution in [0, 0.1) is 0 Å². The number of carbonyl (C=O) groups is 1. The number of amides is 1. The molecule has 0 unspecified atom stereocenters. The molecule has 0 saturated carbocycles. The summed E-state index contributed by atoms with van der Waals surface area (Å²) in [4.78, 5) is 12.5. The van der Waals surface area contributed by atoms with Gasteiger partial charge in [0.2, 0.25) is 0 Å². The first-order valence-electron chi connectivity index (χ1n) is 5.34. The highest BCUT2D eigenvalue weighted by Crippen LogP contribution is 2.22. The van der Waals surface area contributed by atoms with Crippen LogP contribution in [-0.4, -0.2) is 24.7 Å². The van der Waals surface area contributed by atoms with E-state index in [1.165, 1.54) is 11.3 Å². The molecule has 1 fully saturated rings. The number of hydrogen-bond donors (Lipinski definition) is 1. The van der Waals surface area contributed by atoms with Crippen LogP contribution in [0.1, 0.15) is 29.4 Å². The van der Waals surface area contributed by atoms with Gasteiger partial charge >= 0.3 is 0 Å². The molecule has 1 aliphatic heterocycles. The van der Waals surface area contributed by atoms with E-state index in [1.807, 2.05) is 6.92 Å². The molecular formula is C11H14ClNO2S. The quantitative estimate of drug-likeness (QED) is 0.906. The number of ether oxygens (including phenoxy) is 1. The van der Waals surface area contributed by atoms with E-state index in [0.29, 0.717) is 9.21 Å². The zero-order valence-corrected chi connectivity index (χ0v) is 10.6. The maximum absolute atomic E-state index is 11.8. The average molecular weight is 260 g/mol. The minimum absolute atomic E-state index is 0.0517. The maximum atomic E-state index is 11.8. The third-order valence-electron chi connectivity index (χ3n) is 2.68. The molecule has 16 heavy (non-hydrogen) atoms. The van der Waals surface area contributed by atoms with Crippen LogP contribution >= 0.6 is 22.9 Å². The Balaban J connectivity index is 1.91. The lowest BCUT2D eigenvalue weighted by molar-refractivity contribution is 0.0714. The Bertz CT molecular complexity index is 374. The first-order valence-corrected chi connectivity index (χ1v) is 6.54. The Hall–Kier alpha value is -0.580. The van der Waals surface area contributed by atoms with E-state index in [-0.39, 0.29) is 18.1 Å². The Morgan fingerprint density at radius 3 is 3.06 bits per heavy atom. The molecule has 2 rings (SSSR count). The SMILES string of the molecule is C[C@@H](NC(=O)c1ccc(Cl)s1)[C@@H]1CCCO1. The molecule has 0 radical (unpaired) electrons. The summed E-state index contributed by atoms with van der Waals surface area (Å²) in [6, 6.07) is 3.53. The van der Waals surface area contributed by atoms with E-state index < -0.39 is 0 Å². The van der Waals surface area contributed by atoms with Gasteiger partial charge in [0.1, 0.15) is 0 Å². The number of hydrogen-bond acceptors (Lipinski definition) is 3. The standard InChI is InChI=1S/C11H14ClNO2S/c1-7(8-3-2-6-15-8)13-11(14)9-4-5-10(12)16-9/h4-5,7-8H,2-3,6H2,1H3,(H,13,14)/t7-,8+/m1/s1. The highest BCUT2D eigenvalue weighted by atomic mass is 35.5. The number of thiophene rings is 1. The summed E-state index contributed by atoms with van der Waals surface area (Å²) >= 11 is 7.07. The summed E-state index contributed by atoms with van der Waals surface area (Å²) < 4.78 is 6.15. The van der Waals surface area contributed by atoms with E-state index in [9.17, 15) is 4.79 Å². The van der Waals surface area contributed by atoms with Crippen molar-refractivity contribution in [2.75, 3.05) is 6.61 Å². The topological polar surface area (TPSA) is 38.3 Å². The highest BCUT2D eigenvalue weighted by molar-refractivity contribution is 7.17. The van der Waals surface area contributed by atoms with E-state index >= 15 is 0 Å². The Labute approximate surface area is 104 Å². The first-order chi connectivity index (χ1) is 7.66. The molecule has 0 aliphatic carbocycles. The van der Waals surface area contributed by atoms with Gasteiger partial charge in [-0.15, -0.1) is 11.3 Å². The summed E-state index contributed by atoms with van der Waals surface area (Å²) in [6.45, 7) is 2.78. The van der Waals surface area contributed by atoms with Crippen molar-refractivity contribution in [1.82, 2.24) is 5.32 Å². The largest absolute Gasteiger partial charge is 0.376 e. The van der Waals surface area contributed by atoms with Crippen molar-refractivity contribution in [3.8, 4) is 0 Å². The van der Waals surface area contributed by atoms with Crippen molar-refractivity contribution in [1.29, 1.82) is 0 Å². The molecule has 1 aliphatic rings. The van der Waals surface area contributed by atoms with E-state index in [2.05, 4.69) is 5.32 Å². The van der Waals surface area contributed by atoms with Crippen LogP contribution < -0.4 is 5.32 Å². The van der Waals surface area contributed by atoms with Crippen LogP contribution in [0.15, 0.2) is 12.1 Å². The zero-order chi connectivity index (χ0) is 11.5. The lowest BCUT2D eigenvalue weighted by Crippen LogP contribution is -2.40. The van der Waals surface area contributed by atoms with Gasteiger partial charge in [0, 0.05) is 6.61 Å². The predicted molar refractivity (Wildman–Crippen MR) is 65.2 cm³/mol. The van der Waals surface area contributed by atoms with Gasteiger partial charge < -0.3 is 10.1 Å². The van der Waals surface area contributed by atoms with Crippen LogP contribution in [-0.2, 0) is 4.74 Å². The van der Waals surface area contributed by atoms with Crippen LogP contribution in [0.3, 0.4) is 0 Å². The Morgan fingerprint density at radius 1 is 1.69 bits per heavy atom. The van der Waals surface area contributed by atoms with Crippen molar-refractivity contribution >= 4 is 28.8 Å². The summed E-state index contributed by atoms with van der Waals surface area (Å²) in [5.41, 5.74) is 0. The fourth-order valence-corrected chi connectivity index (χ4v) is 2.75. The van der Waals surface area contributed by atoms with Gasteiger partial charge in [0.05, 0.1) is 21.4 Å². The van der Waals surface area contributed by atoms with Crippen molar-refractivity contribution in [2.24, 2.45) is 0 Å². The molecular weight excluding hydrogens is 246 g/mol. The van der Waals surface area contributed by atoms with Gasteiger partial charge in [0.15, 0.2) is 0 Å². The first kappa shape index (κ1) is 11.9. The monoisotopic (exact) mass is 259 g/mol. The van der Waals surface area contributed by atoms with Gasteiger partial charge in [0.25, 0.3) is 5.91 Å². The molecule has 1 amide bonds. The molecule has 2 atom stereocenters. The summed E-state index contributed by atoms with van der Waals surface area (Å²) in [7, 11) is 0. The second-order valence-corrected chi connectivity index (χ2v) is 5.63. The molecule has 88 valence electrons. The molecule has 5 heteroatoms. The normalized spacial score (nSPS) is 22.0. The summed E-state index contributed by atoms with van der Waals surface area (Å²) in [5.74, 6) is -0.0695. The van der Waals surface area contributed by atoms with Crippen LogP contribution in [0.4, 0.5) is 0 Å². The smallest absolute Gasteiger partial charge is 0.261 e. The highest BCUT2D eigenvalue weighted by Gasteiger charge is 2.24. The van der Waals surface area contributed by atoms with Gasteiger partial charge in [-0.2, -0.15) is 0 Å². The number of rotatable bonds is 3. The second kappa shape index (κ2) is 5.17. The fourth-order valence-electron chi connectivity index (χ4n) is 1.80. The number of nitrogens with one attached hydrogen (secondary N) is 1. The minimum atomic E-state index is -0.0695. The maximum Gasteiger partial charge on any atom is 0.261 e. The third-order valence-corrected chi connectivity index (χ3v) is 3.91. The number of carbonyl (C=O) groups excluding carboxylic acids is 1. The molecule has 0 bridgehead atoms. The Kier molecular flexibility index (Phi) is 3.84. The van der Waals surface area contributed by atoms with Gasteiger partial charge in [-0.1, -0.05) is 11.6 Å². The van der Waals surface area contributed by atoms with E-state index in [1.54, 1.807) is 12.1 Å². The van der Waals surface area contributed by atoms with E-state index in [4.69, 9.17) is 16.3 Å². The predicted octanol–water partition coefficient (Wildman–Crippen LogP) is 2.70. The van der Waals surface area contributed by atoms with Crippen molar-refractivity contribution in [3.05, 3.63) is 21.3 Å². The van der Waals surface area contributed by atoms with E-state index in [0.717, 1.165) is 19.4 Å². The minimum Gasteiger partial charge on any atom is -0.376 e. The van der Waals surface area contributed by atoms with Crippen LogP contribution in [0.2, 0.25) is 4.34 Å². The average Bonchev–Trinajstić information content (AvgIpc) is 2.87. The molecule has 1 aromatic rings. The van der Waals surface area contributed by atoms with Crippen molar-refractivity contribution in [3.63, 3.8) is 0 Å². The molecule has 2 heterocycles. The molecule has 1 N–H and O–H groups in total. The lowest BCUT2D eigenvalue weighted by Gasteiger charge is -2.19. The lowest BCUT2D eigenvalue weighted by atomic mass is 10.1. The molecule has 0 aromatic carbocycles. The molecule has 1 saturated heterocycles. The van der Waals surface area contributed by atoms with Gasteiger partial charge in [-0.05, 0) is 31.9 Å². The molecule has 1 aromatic heterocycles.